The lowest BCUT2D eigenvalue weighted by atomic mass is 9.86. The largest absolute Gasteiger partial charge is 0.398 e. The highest BCUT2D eigenvalue weighted by molar-refractivity contribution is 6.24. The molecule has 2 heterocycles. The zero-order chi connectivity index (χ0) is 27.7. The summed E-state index contributed by atoms with van der Waals surface area (Å²) in [6.07, 6.45) is -0.339. The number of nitrogen functional groups attached to an aromatic ring is 1. The van der Waals surface area contributed by atoms with Crippen LogP contribution in [0.25, 0.3) is 44.2 Å². The van der Waals surface area contributed by atoms with Crippen molar-refractivity contribution in [2.24, 2.45) is 0 Å². The van der Waals surface area contributed by atoms with E-state index in [0.29, 0.717) is 11.3 Å². The Bertz CT molecular complexity index is 2010. The lowest BCUT2D eigenvalue weighted by Crippen LogP contribution is -2.38. The van der Waals surface area contributed by atoms with Gasteiger partial charge in [0.25, 0.3) is 5.91 Å². The van der Waals surface area contributed by atoms with Crippen LogP contribution in [-0.4, -0.2) is 5.91 Å². The molecule has 3 N–H and O–H groups in total. The number of nitrogens with zero attached hydrogens (tertiary/aromatic N) is 1. The molecular formula is C37H27N3O. The van der Waals surface area contributed by atoms with Crippen LogP contribution in [0.3, 0.4) is 0 Å². The maximum atomic E-state index is 14.5. The average molecular weight is 530 g/mol. The van der Waals surface area contributed by atoms with Crippen LogP contribution in [0, 0.1) is 6.92 Å². The molecule has 1 atom stereocenters. The van der Waals surface area contributed by atoms with E-state index < -0.39 is 0 Å². The molecular weight excluding hydrogens is 502 g/mol. The third kappa shape index (κ3) is 3.44. The first-order valence-electron chi connectivity index (χ1n) is 13.9. The lowest BCUT2D eigenvalue weighted by Gasteiger charge is -2.33. The maximum Gasteiger partial charge on any atom is 0.260 e. The van der Waals surface area contributed by atoms with Crippen LogP contribution < -0.4 is 16.0 Å². The van der Waals surface area contributed by atoms with Gasteiger partial charge in [0.05, 0.1) is 11.4 Å². The molecule has 1 unspecified atom stereocenters. The molecule has 196 valence electrons. The van der Waals surface area contributed by atoms with Crippen molar-refractivity contribution in [3.05, 3.63) is 138 Å². The summed E-state index contributed by atoms with van der Waals surface area (Å²) < 4.78 is 0. The highest BCUT2D eigenvalue weighted by Gasteiger charge is 2.42. The summed E-state index contributed by atoms with van der Waals surface area (Å²) >= 11 is 0. The second-order valence-electron chi connectivity index (χ2n) is 10.8. The summed E-state index contributed by atoms with van der Waals surface area (Å²) in [5, 5.41) is 5.61. The summed E-state index contributed by atoms with van der Waals surface area (Å²) in [7, 11) is 0. The van der Waals surface area contributed by atoms with Crippen LogP contribution in [0.2, 0.25) is 0 Å². The summed E-state index contributed by atoms with van der Waals surface area (Å²) in [6.45, 7) is 2.11. The van der Waals surface area contributed by atoms with Gasteiger partial charge in [-0.3, -0.25) is 9.69 Å². The number of hydrogen-bond donors (Lipinski definition) is 2. The van der Waals surface area contributed by atoms with Gasteiger partial charge in [-0.1, -0.05) is 97.1 Å². The van der Waals surface area contributed by atoms with Crippen LogP contribution >= 0.6 is 0 Å². The fourth-order valence-corrected chi connectivity index (χ4v) is 6.60. The van der Waals surface area contributed by atoms with Crippen LogP contribution in [0.1, 0.15) is 27.7 Å². The molecule has 1 amide bonds. The summed E-state index contributed by atoms with van der Waals surface area (Å²) in [5.41, 5.74) is 18.6. The Morgan fingerprint density at radius 1 is 0.634 bits per heavy atom. The van der Waals surface area contributed by atoms with Crippen molar-refractivity contribution in [3.63, 3.8) is 0 Å². The predicted molar refractivity (Wildman–Crippen MR) is 169 cm³/mol. The standard InChI is InChI=1S/C37H27N3O/c1-22-10-8-9-15-26(22)27-16-17-29-33-28(18-19-31(38)34(27)33)36-39-32-21-25(23-11-4-2-5-12-23)20-30(24-13-6-3-7-14-24)35(32)40(36)37(29)41/h2-21,36,39H,38H2,1H3. The number of anilines is 3. The molecule has 0 spiro atoms. The average Bonchev–Trinajstić information content (AvgIpc) is 3.41. The van der Waals surface area contributed by atoms with Crippen molar-refractivity contribution in [1.29, 1.82) is 0 Å². The Morgan fingerprint density at radius 2 is 1.32 bits per heavy atom. The minimum Gasteiger partial charge on any atom is -0.398 e. The normalized spacial score (nSPS) is 15.0. The summed E-state index contributed by atoms with van der Waals surface area (Å²) in [5.74, 6) is -0.0228. The third-order valence-electron chi connectivity index (χ3n) is 8.50. The Labute approximate surface area is 238 Å². The van der Waals surface area contributed by atoms with E-state index in [1.807, 2.05) is 53.4 Å². The second kappa shape index (κ2) is 8.83. The third-order valence-corrected chi connectivity index (χ3v) is 8.50. The van der Waals surface area contributed by atoms with Crippen molar-refractivity contribution < 1.29 is 4.79 Å². The topological polar surface area (TPSA) is 58.4 Å². The van der Waals surface area contributed by atoms with Crippen LogP contribution in [0.4, 0.5) is 17.1 Å². The van der Waals surface area contributed by atoms with Crippen molar-refractivity contribution in [1.82, 2.24) is 0 Å². The number of amides is 1. The molecule has 0 saturated heterocycles. The molecule has 4 heteroatoms. The van der Waals surface area contributed by atoms with E-state index in [1.165, 1.54) is 5.56 Å². The molecule has 2 aliphatic heterocycles. The van der Waals surface area contributed by atoms with Crippen LogP contribution in [0.15, 0.2) is 121 Å². The van der Waals surface area contributed by atoms with Gasteiger partial charge in [0.2, 0.25) is 0 Å². The highest BCUT2D eigenvalue weighted by atomic mass is 16.2. The first-order chi connectivity index (χ1) is 20.1. The first kappa shape index (κ1) is 23.5. The van der Waals surface area contributed by atoms with Crippen LogP contribution in [0.5, 0.6) is 0 Å². The molecule has 0 aliphatic carbocycles. The Hall–Kier alpha value is -5.35. The Balaban J connectivity index is 1.38. The Morgan fingerprint density at radius 3 is 2.07 bits per heavy atom. The molecule has 0 bridgehead atoms. The number of nitrogens with two attached hydrogens (primary N) is 1. The smallest absolute Gasteiger partial charge is 0.260 e. The van der Waals surface area contributed by atoms with E-state index in [0.717, 1.165) is 61.1 Å². The Kier molecular flexibility index (Phi) is 5.07. The van der Waals surface area contributed by atoms with Crippen molar-refractivity contribution >= 4 is 33.7 Å². The number of rotatable bonds is 3. The zero-order valence-corrected chi connectivity index (χ0v) is 22.6. The van der Waals surface area contributed by atoms with Gasteiger partial charge in [0.15, 0.2) is 0 Å². The number of carbonyl (C=O) groups excluding carboxylic acids is 1. The molecule has 4 nitrogen and oxygen atoms in total. The number of carbonyl (C=O) groups is 1. The molecule has 0 saturated carbocycles. The lowest BCUT2D eigenvalue weighted by molar-refractivity contribution is 0.0980. The van der Waals surface area contributed by atoms with Crippen molar-refractivity contribution in [2.75, 3.05) is 16.0 Å². The molecule has 8 rings (SSSR count). The first-order valence-corrected chi connectivity index (χ1v) is 13.9. The monoisotopic (exact) mass is 529 g/mol. The SMILES string of the molecule is Cc1ccccc1-c1ccc2c3c(ccc(N)c13)C1Nc3cc(-c4ccccc4)cc(-c4ccccc4)c3N1C2=O. The van der Waals surface area contributed by atoms with E-state index in [1.54, 1.807) is 0 Å². The maximum absolute atomic E-state index is 14.5. The number of nitrogens with one attached hydrogen (secondary N) is 1. The summed E-state index contributed by atoms with van der Waals surface area (Å²) in [6, 6.07) is 41.5. The van der Waals surface area contributed by atoms with E-state index in [-0.39, 0.29) is 12.1 Å². The summed E-state index contributed by atoms with van der Waals surface area (Å²) in [4.78, 5) is 16.4. The molecule has 6 aromatic carbocycles. The highest BCUT2D eigenvalue weighted by Crippen LogP contribution is 2.54. The van der Waals surface area contributed by atoms with Crippen molar-refractivity contribution in [2.45, 2.75) is 13.1 Å². The number of hydrogen-bond acceptors (Lipinski definition) is 3. The van der Waals surface area contributed by atoms with Gasteiger partial charge in [-0.15, -0.1) is 0 Å². The van der Waals surface area contributed by atoms with E-state index >= 15 is 0 Å². The van der Waals surface area contributed by atoms with E-state index in [9.17, 15) is 4.79 Å². The fraction of sp³-hybridized carbons (Fsp3) is 0.0541. The number of benzene rings is 6. The minimum absolute atomic E-state index is 0.0228. The quantitative estimate of drug-likeness (QED) is 0.225. The predicted octanol–water partition coefficient (Wildman–Crippen LogP) is 8.82. The molecule has 41 heavy (non-hydrogen) atoms. The van der Waals surface area contributed by atoms with Gasteiger partial charge in [-0.25, -0.2) is 0 Å². The van der Waals surface area contributed by atoms with Gasteiger partial charge in [-0.05, 0) is 64.6 Å². The van der Waals surface area contributed by atoms with Gasteiger partial charge in [0, 0.05) is 33.2 Å². The zero-order valence-electron chi connectivity index (χ0n) is 22.6. The van der Waals surface area contributed by atoms with E-state index in [2.05, 4.69) is 85.0 Å². The molecule has 0 fully saturated rings. The van der Waals surface area contributed by atoms with Gasteiger partial charge < -0.3 is 11.1 Å². The van der Waals surface area contributed by atoms with Gasteiger partial charge in [-0.2, -0.15) is 0 Å². The fourth-order valence-electron chi connectivity index (χ4n) is 6.60. The molecule has 6 aromatic rings. The molecule has 0 radical (unpaired) electrons. The number of fused-ring (bicyclic) bond motifs is 4. The number of aryl methyl sites for hydroxylation is 1. The van der Waals surface area contributed by atoms with Crippen LogP contribution in [-0.2, 0) is 0 Å². The van der Waals surface area contributed by atoms with Crippen molar-refractivity contribution in [3.8, 4) is 33.4 Å². The minimum atomic E-state index is -0.339. The van der Waals surface area contributed by atoms with E-state index in [4.69, 9.17) is 5.73 Å². The molecule has 0 aromatic heterocycles. The van der Waals surface area contributed by atoms with Gasteiger partial charge in [0.1, 0.15) is 6.17 Å². The second-order valence-corrected chi connectivity index (χ2v) is 10.8. The molecule has 2 aliphatic rings. The van der Waals surface area contributed by atoms with Gasteiger partial charge >= 0.3 is 0 Å².